The van der Waals surface area contributed by atoms with Crippen molar-refractivity contribution in [3.8, 4) is 5.75 Å². The summed E-state index contributed by atoms with van der Waals surface area (Å²) in [4.78, 5) is 28.5. The molecule has 0 unspecified atom stereocenters. The van der Waals surface area contributed by atoms with Crippen LogP contribution in [0.3, 0.4) is 0 Å². The molecule has 40 heavy (non-hydrogen) atoms. The van der Waals surface area contributed by atoms with Crippen LogP contribution in [0.4, 0.5) is 4.79 Å². The number of hydrogen-bond donors (Lipinski definition) is 2. The Kier molecular flexibility index (Phi) is 6.25. The predicted molar refractivity (Wildman–Crippen MR) is 143 cm³/mol. The van der Waals surface area contributed by atoms with E-state index in [1.165, 1.54) is 0 Å². The number of aliphatic hydroxyl groups excluding tert-OH is 1. The summed E-state index contributed by atoms with van der Waals surface area (Å²) in [6.45, 7) is 5.64. The summed E-state index contributed by atoms with van der Waals surface area (Å²) in [6, 6.07) is 12.3. The van der Waals surface area contributed by atoms with Gasteiger partial charge in [-0.05, 0) is 58.8 Å². The molecular weight excluding hydrogens is 514 g/mol. The van der Waals surface area contributed by atoms with Crippen molar-refractivity contribution in [2.24, 2.45) is 0 Å². The Hall–Kier alpha value is -3.40. The molecule has 1 spiro atoms. The van der Waals surface area contributed by atoms with Gasteiger partial charge in [0.15, 0.2) is 6.10 Å². The van der Waals surface area contributed by atoms with E-state index in [0.717, 1.165) is 17.7 Å². The molecule has 0 aromatic heterocycles. The number of aliphatic hydroxyl groups is 2. The number of piperidine rings is 1. The van der Waals surface area contributed by atoms with Gasteiger partial charge in [0.2, 0.25) is 6.10 Å². The summed E-state index contributed by atoms with van der Waals surface area (Å²) < 4.78 is 23.3. The topological polar surface area (TPSA) is 115 Å². The van der Waals surface area contributed by atoms with Crippen molar-refractivity contribution in [1.29, 1.82) is 0 Å². The van der Waals surface area contributed by atoms with Gasteiger partial charge >= 0.3 is 12.1 Å². The fraction of sp³-hybridized carbons (Fsp3) is 0.484. The fourth-order valence-electron chi connectivity index (χ4n) is 7.05. The van der Waals surface area contributed by atoms with E-state index in [1.807, 2.05) is 19.2 Å². The highest BCUT2D eigenvalue weighted by molar-refractivity contribution is 5.80. The summed E-state index contributed by atoms with van der Waals surface area (Å²) >= 11 is 0. The van der Waals surface area contributed by atoms with Gasteiger partial charge in [0.25, 0.3) is 0 Å². The largest absolute Gasteiger partial charge is 0.510 e. The number of ether oxygens (including phenoxy) is 4. The first-order chi connectivity index (χ1) is 19.0. The second-order valence-corrected chi connectivity index (χ2v) is 12.2. The Labute approximate surface area is 233 Å². The van der Waals surface area contributed by atoms with Gasteiger partial charge in [-0.25, -0.2) is 9.59 Å². The Morgan fingerprint density at radius 2 is 1.93 bits per heavy atom. The minimum atomic E-state index is -1.38. The lowest BCUT2D eigenvalue weighted by Crippen LogP contribution is -2.74. The molecule has 0 radical (unpaired) electrons. The van der Waals surface area contributed by atoms with Crippen LogP contribution in [-0.4, -0.2) is 64.2 Å². The molecule has 2 aromatic carbocycles. The lowest BCUT2D eigenvalue weighted by atomic mass is 9.50. The molecule has 2 aromatic rings. The molecule has 2 bridgehead atoms. The zero-order valence-electron chi connectivity index (χ0n) is 23.2. The van der Waals surface area contributed by atoms with Crippen LogP contribution in [0.1, 0.15) is 62.0 Å². The van der Waals surface area contributed by atoms with Crippen molar-refractivity contribution in [1.82, 2.24) is 4.90 Å². The lowest BCUT2D eigenvalue weighted by Gasteiger charge is -2.61. The van der Waals surface area contributed by atoms with Gasteiger partial charge in [-0.2, -0.15) is 0 Å². The van der Waals surface area contributed by atoms with Gasteiger partial charge in [-0.15, -0.1) is 0 Å². The number of benzene rings is 2. The SMILES string of the molecule is CN1CC[C@]23c4c5ccc(CO)c4O[C@H]2C(OC(=O)[C@H](OC(=O)OC(C)(C)C)c2ccccc2)=CC[C@@]3(O)[C@H]1C5. The lowest BCUT2D eigenvalue weighted by molar-refractivity contribution is -0.173. The molecule has 9 nitrogen and oxygen atoms in total. The van der Waals surface area contributed by atoms with E-state index < -0.39 is 40.9 Å². The molecule has 9 heteroatoms. The molecule has 2 N–H and O–H groups in total. The van der Waals surface area contributed by atoms with Crippen molar-refractivity contribution in [2.45, 2.75) is 81.5 Å². The maximum atomic E-state index is 13.7. The molecule has 6 rings (SSSR count). The molecule has 1 saturated heterocycles. The molecular formula is C31H35NO8. The number of carbonyl (C=O) groups excluding carboxylic acids is 2. The van der Waals surface area contributed by atoms with E-state index in [-0.39, 0.29) is 24.8 Å². The second-order valence-electron chi connectivity index (χ2n) is 12.2. The molecule has 0 saturated carbocycles. The molecule has 4 aliphatic rings. The summed E-state index contributed by atoms with van der Waals surface area (Å²) in [5.74, 6) is 0.0205. The molecule has 5 atom stereocenters. The van der Waals surface area contributed by atoms with E-state index >= 15 is 0 Å². The molecule has 0 amide bonds. The average Bonchev–Trinajstić information content (AvgIpc) is 3.26. The summed E-state index contributed by atoms with van der Waals surface area (Å²) in [6.07, 6.45) is 0.0675. The number of carbonyl (C=O) groups is 2. The van der Waals surface area contributed by atoms with Crippen molar-refractivity contribution in [3.63, 3.8) is 0 Å². The van der Waals surface area contributed by atoms with E-state index in [9.17, 15) is 19.8 Å². The van der Waals surface area contributed by atoms with Crippen molar-refractivity contribution >= 4 is 12.1 Å². The van der Waals surface area contributed by atoms with Gasteiger partial charge in [-0.3, -0.25) is 0 Å². The van der Waals surface area contributed by atoms with Gasteiger partial charge in [0.1, 0.15) is 17.1 Å². The third-order valence-corrected chi connectivity index (χ3v) is 8.76. The first-order valence-corrected chi connectivity index (χ1v) is 13.7. The predicted octanol–water partition coefficient (Wildman–Crippen LogP) is 3.69. The maximum absolute atomic E-state index is 13.7. The van der Waals surface area contributed by atoms with Gasteiger partial charge < -0.3 is 34.1 Å². The first-order valence-electron chi connectivity index (χ1n) is 13.7. The van der Waals surface area contributed by atoms with Crippen LogP contribution in [0.25, 0.3) is 0 Å². The second kappa shape index (κ2) is 9.33. The van der Waals surface area contributed by atoms with Crippen LogP contribution in [-0.2, 0) is 37.4 Å². The van der Waals surface area contributed by atoms with Crippen molar-refractivity contribution < 1.29 is 38.7 Å². The van der Waals surface area contributed by atoms with Crippen LogP contribution < -0.4 is 4.74 Å². The molecule has 2 aliphatic carbocycles. The highest BCUT2D eigenvalue weighted by atomic mass is 16.7. The van der Waals surface area contributed by atoms with Gasteiger partial charge in [-0.1, -0.05) is 42.5 Å². The third kappa shape index (κ3) is 3.94. The number of likely N-dealkylation sites (tertiary alicyclic amines) is 1. The molecule has 2 aliphatic heterocycles. The van der Waals surface area contributed by atoms with Crippen LogP contribution in [0.15, 0.2) is 54.3 Å². The average molecular weight is 550 g/mol. The fourth-order valence-corrected chi connectivity index (χ4v) is 7.05. The quantitative estimate of drug-likeness (QED) is 0.539. The van der Waals surface area contributed by atoms with E-state index in [4.69, 9.17) is 18.9 Å². The molecule has 1 fully saturated rings. The Balaban J connectivity index is 1.37. The van der Waals surface area contributed by atoms with Crippen molar-refractivity contribution in [2.75, 3.05) is 13.6 Å². The normalized spacial score (nSPS) is 29.0. The summed E-state index contributed by atoms with van der Waals surface area (Å²) in [5.41, 5.74) is 0.219. The Morgan fingerprint density at radius 3 is 2.62 bits per heavy atom. The van der Waals surface area contributed by atoms with Crippen LogP contribution in [0, 0.1) is 0 Å². The van der Waals surface area contributed by atoms with Gasteiger partial charge in [0, 0.05) is 29.2 Å². The number of esters is 1. The number of likely N-dealkylation sites (N-methyl/N-ethyl adjacent to an activating group) is 1. The zero-order valence-corrected chi connectivity index (χ0v) is 23.2. The van der Waals surface area contributed by atoms with Crippen LogP contribution >= 0.6 is 0 Å². The molecule has 2 heterocycles. The highest BCUT2D eigenvalue weighted by Gasteiger charge is 2.72. The number of rotatable bonds is 5. The standard InChI is InChI=1S/C31H35NO8/c1-29(2,3)40-28(35)39-25(18-8-6-5-7-9-18)27(34)37-21-12-13-31(36)22-16-19-10-11-20(17-33)24-23(19)30(31,26(21)38-24)14-15-32(22)4/h5-12,22,25-26,33,36H,13-17H2,1-4H3/t22-,25-,26+,30+,31-/m1/s1. The minimum Gasteiger partial charge on any atom is -0.481 e. The highest BCUT2D eigenvalue weighted by Crippen LogP contribution is 2.64. The number of hydrogen-bond acceptors (Lipinski definition) is 9. The summed E-state index contributed by atoms with van der Waals surface area (Å²) in [5, 5.41) is 22.5. The zero-order chi connectivity index (χ0) is 28.4. The summed E-state index contributed by atoms with van der Waals surface area (Å²) in [7, 11) is 2.02. The van der Waals surface area contributed by atoms with E-state index in [1.54, 1.807) is 57.2 Å². The van der Waals surface area contributed by atoms with Crippen molar-refractivity contribution in [3.05, 3.63) is 76.6 Å². The molecule has 212 valence electrons. The smallest absolute Gasteiger partial charge is 0.481 e. The van der Waals surface area contributed by atoms with E-state index in [0.29, 0.717) is 29.7 Å². The number of nitrogens with zero attached hydrogens (tertiary/aromatic N) is 1. The Morgan fingerprint density at radius 1 is 1.18 bits per heavy atom. The third-order valence-electron chi connectivity index (χ3n) is 8.76. The van der Waals surface area contributed by atoms with Crippen LogP contribution in [0.2, 0.25) is 0 Å². The van der Waals surface area contributed by atoms with Gasteiger partial charge in [0.05, 0.1) is 17.6 Å². The first kappa shape index (κ1) is 26.8. The Bertz CT molecular complexity index is 1380. The monoisotopic (exact) mass is 549 g/mol. The maximum Gasteiger partial charge on any atom is 0.510 e. The van der Waals surface area contributed by atoms with E-state index in [2.05, 4.69) is 4.90 Å². The van der Waals surface area contributed by atoms with Crippen LogP contribution in [0.5, 0.6) is 5.75 Å². The minimum absolute atomic E-state index is 0.146.